The van der Waals surface area contributed by atoms with Crippen molar-refractivity contribution in [3.63, 3.8) is 0 Å². The SMILES string of the molecule is CC(C)(C)OC(=O)C[C@@H]1CC(=O)N(c2ccc3c(c2)CC(=O)CO3)C1.CC(C)(C)OC(=O)C[C@@H]1CC(=O)N(c2ccc3c(c2)N(COCc2ccccc2)C(=O)CO3)C1. The quantitative estimate of drug-likeness (QED) is 0.223. The first-order valence-corrected chi connectivity index (χ1v) is 19.9. The Morgan fingerprint density at radius 2 is 1.22 bits per heavy atom. The van der Waals surface area contributed by atoms with Gasteiger partial charge in [0.05, 0.1) is 25.1 Å². The van der Waals surface area contributed by atoms with Gasteiger partial charge in [-0.3, -0.25) is 33.7 Å². The summed E-state index contributed by atoms with van der Waals surface area (Å²) in [5.74, 6) is 0.213. The third-order valence-corrected chi connectivity index (χ3v) is 9.82. The molecule has 0 spiro atoms. The molecule has 14 nitrogen and oxygen atoms in total. The predicted octanol–water partition coefficient (Wildman–Crippen LogP) is 5.95. The molecule has 0 N–H and O–H groups in total. The number of benzene rings is 3. The average molecular weight is 812 g/mol. The van der Waals surface area contributed by atoms with E-state index in [0.29, 0.717) is 55.4 Å². The minimum Gasteiger partial charge on any atom is -0.486 e. The third kappa shape index (κ3) is 11.7. The maximum absolute atomic E-state index is 12.7. The van der Waals surface area contributed by atoms with Crippen LogP contribution < -0.4 is 24.2 Å². The van der Waals surface area contributed by atoms with Gasteiger partial charge in [-0.2, -0.15) is 0 Å². The second-order valence-electron chi connectivity index (χ2n) is 17.3. The van der Waals surface area contributed by atoms with Crippen LogP contribution in [0.2, 0.25) is 0 Å². The summed E-state index contributed by atoms with van der Waals surface area (Å²) in [4.78, 5) is 78.3. The van der Waals surface area contributed by atoms with Crippen LogP contribution >= 0.6 is 0 Å². The van der Waals surface area contributed by atoms with E-state index in [1.807, 2.05) is 84.0 Å². The second-order valence-corrected chi connectivity index (χ2v) is 17.3. The number of anilines is 3. The van der Waals surface area contributed by atoms with Crippen molar-refractivity contribution >= 4 is 52.5 Å². The summed E-state index contributed by atoms with van der Waals surface area (Å²) in [6.45, 7) is 12.3. The van der Waals surface area contributed by atoms with E-state index in [1.165, 1.54) is 4.90 Å². The minimum absolute atomic E-state index is 0.0171. The van der Waals surface area contributed by atoms with E-state index in [9.17, 15) is 28.8 Å². The van der Waals surface area contributed by atoms with Crippen molar-refractivity contribution in [3.8, 4) is 11.5 Å². The molecule has 0 aliphatic carbocycles. The van der Waals surface area contributed by atoms with Gasteiger partial charge in [0, 0.05) is 49.3 Å². The first-order valence-electron chi connectivity index (χ1n) is 19.9. The van der Waals surface area contributed by atoms with Gasteiger partial charge in [0.25, 0.3) is 5.91 Å². The van der Waals surface area contributed by atoms with E-state index < -0.39 is 11.2 Å². The molecular formula is C45H53N3O11. The van der Waals surface area contributed by atoms with Gasteiger partial charge in [0.1, 0.15) is 36.0 Å². The van der Waals surface area contributed by atoms with Gasteiger partial charge in [0.2, 0.25) is 11.8 Å². The number of carbonyl (C=O) groups is 6. The number of hydrogen-bond donors (Lipinski definition) is 0. The van der Waals surface area contributed by atoms with Crippen LogP contribution in [0.15, 0.2) is 66.7 Å². The van der Waals surface area contributed by atoms with E-state index in [0.717, 1.165) is 16.8 Å². The van der Waals surface area contributed by atoms with Crippen LogP contribution in [0.3, 0.4) is 0 Å². The number of rotatable bonds is 10. The summed E-state index contributed by atoms with van der Waals surface area (Å²) in [5, 5.41) is 0. The minimum atomic E-state index is -0.559. The summed E-state index contributed by atoms with van der Waals surface area (Å²) in [6, 6.07) is 20.5. The molecule has 0 saturated carbocycles. The van der Waals surface area contributed by atoms with Crippen molar-refractivity contribution in [2.75, 3.05) is 47.7 Å². The first-order chi connectivity index (χ1) is 27.9. The molecule has 2 atom stereocenters. The van der Waals surface area contributed by atoms with Crippen LogP contribution in [0.4, 0.5) is 17.1 Å². The molecule has 59 heavy (non-hydrogen) atoms. The number of ether oxygens (including phenoxy) is 5. The highest BCUT2D eigenvalue weighted by atomic mass is 16.6. The molecule has 3 amide bonds. The normalized spacial score (nSPS) is 19.0. The molecule has 2 fully saturated rings. The number of carbonyl (C=O) groups excluding carboxylic acids is 6. The van der Waals surface area contributed by atoms with Gasteiger partial charge in [-0.05, 0) is 95.3 Å². The fraction of sp³-hybridized carbons (Fsp3) is 0.467. The van der Waals surface area contributed by atoms with Crippen LogP contribution in [0.5, 0.6) is 11.5 Å². The molecule has 0 unspecified atom stereocenters. The van der Waals surface area contributed by atoms with Crippen LogP contribution in [0.25, 0.3) is 0 Å². The zero-order valence-electron chi connectivity index (χ0n) is 34.6. The van der Waals surface area contributed by atoms with E-state index in [-0.39, 0.29) is 86.5 Å². The topological polar surface area (TPSA) is 158 Å². The fourth-order valence-corrected chi connectivity index (χ4v) is 7.34. The molecule has 4 aliphatic heterocycles. The van der Waals surface area contributed by atoms with Gasteiger partial charge in [-0.15, -0.1) is 0 Å². The summed E-state index contributed by atoms with van der Waals surface area (Å²) in [7, 11) is 0. The number of hydrogen-bond acceptors (Lipinski definition) is 11. The van der Waals surface area contributed by atoms with E-state index in [2.05, 4.69) is 0 Å². The fourth-order valence-electron chi connectivity index (χ4n) is 7.34. The summed E-state index contributed by atoms with van der Waals surface area (Å²) < 4.78 is 27.5. The number of fused-ring (bicyclic) bond motifs is 2. The Hall–Kier alpha value is -5.76. The Bertz CT molecular complexity index is 2070. The predicted molar refractivity (Wildman–Crippen MR) is 218 cm³/mol. The standard InChI is InChI=1S/C26H30N2O6.C19H23NO5/c1-26(2,3)34-25(31)12-19-11-23(29)27(14-19)20-9-10-22-21(13-20)28(24(30)16-33-22)17-32-15-18-7-5-4-6-8-18;1-19(2,3)25-18(23)7-12-6-17(22)20(10-12)14-4-5-16-13(8-14)9-15(21)11-24-16/h4-10,13,19H,11-12,14-17H2,1-3H3;4-5,8,12H,6-7,9-11H2,1-3H3/t19-;12-/m00/s1. The zero-order chi connectivity index (χ0) is 42.5. The molecule has 3 aromatic rings. The van der Waals surface area contributed by atoms with Crippen molar-refractivity contribution in [1.82, 2.24) is 0 Å². The van der Waals surface area contributed by atoms with Crippen molar-refractivity contribution in [1.29, 1.82) is 0 Å². The molecule has 14 heteroatoms. The van der Waals surface area contributed by atoms with Crippen LogP contribution in [0, 0.1) is 11.8 Å². The maximum Gasteiger partial charge on any atom is 0.306 e. The van der Waals surface area contributed by atoms with E-state index in [4.69, 9.17) is 23.7 Å². The smallest absolute Gasteiger partial charge is 0.306 e. The average Bonchev–Trinajstić information content (AvgIpc) is 3.71. The lowest BCUT2D eigenvalue weighted by Gasteiger charge is -2.30. The Morgan fingerprint density at radius 3 is 1.80 bits per heavy atom. The van der Waals surface area contributed by atoms with Crippen LogP contribution in [-0.2, 0) is 56.0 Å². The van der Waals surface area contributed by atoms with E-state index >= 15 is 0 Å². The highest BCUT2D eigenvalue weighted by molar-refractivity contribution is 6.01. The van der Waals surface area contributed by atoms with E-state index in [1.54, 1.807) is 34.1 Å². The molecule has 2 saturated heterocycles. The molecule has 3 aromatic carbocycles. The number of amides is 3. The van der Waals surface area contributed by atoms with Crippen LogP contribution in [0.1, 0.15) is 78.4 Å². The van der Waals surface area contributed by atoms with Crippen molar-refractivity contribution in [3.05, 3.63) is 77.9 Å². The maximum atomic E-state index is 12.7. The van der Waals surface area contributed by atoms with Gasteiger partial charge >= 0.3 is 11.9 Å². The number of Topliss-reactive ketones (excluding diaryl/α,β-unsaturated/α-hetero) is 1. The molecular weight excluding hydrogens is 759 g/mol. The Kier molecular flexibility index (Phi) is 13.1. The molecule has 0 bridgehead atoms. The highest BCUT2D eigenvalue weighted by Crippen LogP contribution is 2.38. The molecule has 4 heterocycles. The van der Waals surface area contributed by atoms with Gasteiger partial charge < -0.3 is 33.5 Å². The first kappa shape index (κ1) is 42.8. The zero-order valence-corrected chi connectivity index (χ0v) is 34.6. The molecule has 7 rings (SSSR count). The molecule has 4 aliphatic rings. The molecule has 0 aromatic heterocycles. The van der Waals surface area contributed by atoms with Gasteiger partial charge in [-0.25, -0.2) is 0 Å². The Balaban J connectivity index is 0.000000208. The second kappa shape index (κ2) is 18.0. The molecule has 0 radical (unpaired) electrons. The lowest BCUT2D eigenvalue weighted by atomic mass is 10.0. The summed E-state index contributed by atoms with van der Waals surface area (Å²) in [6.07, 6.45) is 1.34. The van der Waals surface area contributed by atoms with Crippen molar-refractivity contribution in [2.24, 2.45) is 11.8 Å². The molecule has 314 valence electrons. The van der Waals surface area contributed by atoms with Crippen molar-refractivity contribution in [2.45, 2.75) is 91.5 Å². The highest BCUT2D eigenvalue weighted by Gasteiger charge is 2.36. The van der Waals surface area contributed by atoms with Gasteiger partial charge in [-0.1, -0.05) is 30.3 Å². The largest absolute Gasteiger partial charge is 0.486 e. The lowest BCUT2D eigenvalue weighted by molar-refractivity contribution is -0.157. The Labute approximate surface area is 344 Å². The number of esters is 2. The monoisotopic (exact) mass is 811 g/mol. The summed E-state index contributed by atoms with van der Waals surface area (Å²) in [5.41, 5.74) is 2.69. The van der Waals surface area contributed by atoms with Crippen LogP contribution in [-0.4, -0.2) is 79.7 Å². The number of nitrogens with zero attached hydrogens (tertiary/aromatic N) is 3. The number of ketones is 1. The van der Waals surface area contributed by atoms with Gasteiger partial charge in [0.15, 0.2) is 12.4 Å². The Morgan fingerprint density at radius 1 is 0.678 bits per heavy atom. The third-order valence-electron chi connectivity index (χ3n) is 9.82. The lowest BCUT2D eigenvalue weighted by Crippen LogP contribution is -2.40. The summed E-state index contributed by atoms with van der Waals surface area (Å²) >= 11 is 0. The van der Waals surface area contributed by atoms with Crippen molar-refractivity contribution < 1.29 is 52.5 Å².